The van der Waals surface area contributed by atoms with Crippen molar-refractivity contribution < 1.29 is 0 Å². The maximum atomic E-state index is 3.58. The molecule has 0 aliphatic carbocycles. The molecule has 0 nitrogen and oxygen atoms in total. The monoisotopic (exact) mass is 314 g/mol. The summed E-state index contributed by atoms with van der Waals surface area (Å²) in [4.78, 5) is 2.88. The molecule has 76 valence electrons. The van der Waals surface area contributed by atoms with Gasteiger partial charge in [-0.1, -0.05) is 0 Å². The molecule has 0 fully saturated rings. The van der Waals surface area contributed by atoms with Gasteiger partial charge in [0, 0.05) is 30.0 Å². The van der Waals surface area contributed by atoms with Crippen molar-refractivity contribution in [3.63, 3.8) is 0 Å². The Labute approximate surface area is 108 Å². The Morgan fingerprint density at radius 1 is 1.07 bits per heavy atom. The molecule has 4 heteroatoms. The third-order valence-electron chi connectivity index (χ3n) is 2.22. The molecule has 0 atom stereocenters. The van der Waals surface area contributed by atoms with E-state index >= 15 is 0 Å². The van der Waals surface area contributed by atoms with Crippen LogP contribution >= 0.6 is 49.9 Å². The molecule has 3 rings (SSSR count). The summed E-state index contributed by atoms with van der Waals surface area (Å²) in [6, 6.07) is 6.64. The van der Waals surface area contributed by atoms with Gasteiger partial charge in [0.1, 0.15) is 0 Å². The molecule has 0 spiro atoms. The van der Waals surface area contributed by atoms with Crippen LogP contribution in [0.5, 0.6) is 0 Å². The van der Waals surface area contributed by atoms with Crippen molar-refractivity contribution in [2.24, 2.45) is 0 Å². The standard InChI is InChI=1S/C11H7BrS3/c12-8-1-3-13-10(8)5-7-6-11-9(15-7)2-4-14-11/h1-4,6H,5H2. The predicted octanol–water partition coefficient (Wildman–Crippen LogP) is 5.38. The van der Waals surface area contributed by atoms with Gasteiger partial charge in [-0.3, -0.25) is 0 Å². The molecule has 0 saturated carbocycles. The van der Waals surface area contributed by atoms with E-state index < -0.39 is 0 Å². The maximum absolute atomic E-state index is 3.58. The molecule has 0 unspecified atom stereocenters. The van der Waals surface area contributed by atoms with E-state index in [-0.39, 0.29) is 0 Å². The molecule has 15 heavy (non-hydrogen) atoms. The van der Waals surface area contributed by atoms with Crippen LogP contribution < -0.4 is 0 Å². The maximum Gasteiger partial charge on any atom is 0.0453 e. The summed E-state index contributed by atoms with van der Waals surface area (Å²) in [7, 11) is 0. The number of thiophene rings is 3. The zero-order chi connectivity index (χ0) is 10.3. The lowest BCUT2D eigenvalue weighted by molar-refractivity contribution is 1.29. The first-order chi connectivity index (χ1) is 7.33. The first-order valence-corrected chi connectivity index (χ1v) is 7.87. The number of hydrogen-bond donors (Lipinski definition) is 0. The van der Waals surface area contributed by atoms with Crippen molar-refractivity contribution in [1.29, 1.82) is 0 Å². The second-order valence-corrected chi connectivity index (χ2v) is 7.20. The van der Waals surface area contributed by atoms with Crippen molar-refractivity contribution in [1.82, 2.24) is 0 Å². The van der Waals surface area contributed by atoms with Gasteiger partial charge in [-0.05, 0) is 44.9 Å². The van der Waals surface area contributed by atoms with Crippen LogP contribution in [0.4, 0.5) is 0 Å². The Morgan fingerprint density at radius 3 is 2.67 bits per heavy atom. The second kappa shape index (κ2) is 4.01. The number of halogens is 1. The van der Waals surface area contributed by atoms with Gasteiger partial charge in [0.15, 0.2) is 0 Å². The highest BCUT2D eigenvalue weighted by Crippen LogP contribution is 2.33. The molecule has 0 radical (unpaired) electrons. The van der Waals surface area contributed by atoms with E-state index in [1.54, 1.807) is 0 Å². The Hall–Kier alpha value is -0.160. The van der Waals surface area contributed by atoms with Crippen molar-refractivity contribution in [2.75, 3.05) is 0 Å². The van der Waals surface area contributed by atoms with Gasteiger partial charge in [-0.2, -0.15) is 0 Å². The fraction of sp³-hybridized carbons (Fsp3) is 0.0909. The first kappa shape index (κ1) is 10.0. The van der Waals surface area contributed by atoms with Crippen LogP contribution in [-0.2, 0) is 6.42 Å². The summed E-state index contributed by atoms with van der Waals surface area (Å²) in [5.41, 5.74) is 0. The van der Waals surface area contributed by atoms with Gasteiger partial charge in [0.05, 0.1) is 0 Å². The molecule has 0 amide bonds. The van der Waals surface area contributed by atoms with Crippen LogP contribution in [0.1, 0.15) is 9.75 Å². The summed E-state index contributed by atoms with van der Waals surface area (Å²) in [5.74, 6) is 0. The van der Waals surface area contributed by atoms with Crippen LogP contribution in [-0.4, -0.2) is 0 Å². The van der Waals surface area contributed by atoms with Gasteiger partial charge in [-0.25, -0.2) is 0 Å². The van der Waals surface area contributed by atoms with Gasteiger partial charge < -0.3 is 0 Å². The summed E-state index contributed by atoms with van der Waals surface area (Å²) < 4.78 is 4.08. The quantitative estimate of drug-likeness (QED) is 0.596. The highest BCUT2D eigenvalue weighted by atomic mass is 79.9. The fourth-order valence-electron chi connectivity index (χ4n) is 1.51. The summed E-state index contributed by atoms with van der Waals surface area (Å²) in [5, 5.41) is 4.29. The molecular formula is C11H7BrS3. The molecule has 3 aromatic rings. The van der Waals surface area contributed by atoms with E-state index in [4.69, 9.17) is 0 Å². The lowest BCUT2D eigenvalue weighted by Crippen LogP contribution is -1.78. The smallest absolute Gasteiger partial charge is 0.0453 e. The molecule has 0 aliphatic rings. The minimum atomic E-state index is 1.06. The van der Waals surface area contributed by atoms with Crippen LogP contribution in [0.2, 0.25) is 0 Å². The largest absolute Gasteiger partial charge is 0.147 e. The highest BCUT2D eigenvalue weighted by molar-refractivity contribution is 9.10. The van der Waals surface area contributed by atoms with E-state index in [9.17, 15) is 0 Å². The van der Waals surface area contributed by atoms with Crippen LogP contribution in [0.15, 0.2) is 33.4 Å². The third-order valence-corrected chi connectivity index (χ3v) is 6.24. The summed E-state index contributed by atoms with van der Waals surface area (Å²) >= 11 is 9.13. The molecule has 0 bridgehead atoms. The number of fused-ring (bicyclic) bond motifs is 1. The molecule has 0 N–H and O–H groups in total. The predicted molar refractivity (Wildman–Crippen MR) is 74.5 cm³/mol. The Morgan fingerprint density at radius 2 is 1.93 bits per heavy atom. The SMILES string of the molecule is Brc1ccsc1Cc1cc2sccc2s1. The lowest BCUT2D eigenvalue weighted by atomic mass is 10.3. The van der Waals surface area contributed by atoms with Crippen molar-refractivity contribution in [2.45, 2.75) is 6.42 Å². The third kappa shape index (κ3) is 1.91. The van der Waals surface area contributed by atoms with Gasteiger partial charge >= 0.3 is 0 Å². The molecule has 0 aromatic carbocycles. The van der Waals surface area contributed by atoms with E-state index in [1.807, 2.05) is 34.0 Å². The second-order valence-electron chi connectivity index (χ2n) is 3.23. The van der Waals surface area contributed by atoms with E-state index in [1.165, 1.54) is 23.6 Å². The number of rotatable bonds is 2. The Kier molecular flexibility index (Phi) is 2.68. The van der Waals surface area contributed by atoms with Crippen LogP contribution in [0.3, 0.4) is 0 Å². The van der Waals surface area contributed by atoms with E-state index in [2.05, 4.69) is 44.9 Å². The first-order valence-electron chi connectivity index (χ1n) is 4.51. The lowest BCUT2D eigenvalue weighted by Gasteiger charge is -1.94. The fourth-order valence-corrected chi connectivity index (χ4v) is 5.27. The summed E-state index contributed by atoms with van der Waals surface area (Å²) in [6.07, 6.45) is 1.06. The minimum absolute atomic E-state index is 1.06. The number of hydrogen-bond acceptors (Lipinski definition) is 3. The van der Waals surface area contributed by atoms with Crippen LogP contribution in [0, 0.1) is 0 Å². The molecule has 0 aliphatic heterocycles. The topological polar surface area (TPSA) is 0 Å². The molecular weight excluding hydrogens is 308 g/mol. The molecule has 3 aromatic heterocycles. The average Bonchev–Trinajstić information content (AvgIpc) is 2.83. The Bertz CT molecular complexity index is 559. The van der Waals surface area contributed by atoms with E-state index in [0.29, 0.717) is 0 Å². The minimum Gasteiger partial charge on any atom is -0.147 e. The molecule has 0 saturated heterocycles. The van der Waals surface area contributed by atoms with Gasteiger partial charge in [0.25, 0.3) is 0 Å². The average molecular weight is 315 g/mol. The normalized spacial score (nSPS) is 11.3. The van der Waals surface area contributed by atoms with Crippen molar-refractivity contribution >= 4 is 59.3 Å². The van der Waals surface area contributed by atoms with Crippen molar-refractivity contribution in [3.8, 4) is 0 Å². The zero-order valence-electron chi connectivity index (χ0n) is 7.70. The molecule has 3 heterocycles. The summed E-state index contributed by atoms with van der Waals surface area (Å²) in [6.45, 7) is 0. The van der Waals surface area contributed by atoms with E-state index in [0.717, 1.165) is 6.42 Å². The Balaban J connectivity index is 1.95. The van der Waals surface area contributed by atoms with Crippen molar-refractivity contribution in [3.05, 3.63) is 43.2 Å². The zero-order valence-corrected chi connectivity index (χ0v) is 11.7. The van der Waals surface area contributed by atoms with Gasteiger partial charge in [-0.15, -0.1) is 34.0 Å². The highest BCUT2D eigenvalue weighted by Gasteiger charge is 2.06. The van der Waals surface area contributed by atoms with Crippen LogP contribution in [0.25, 0.3) is 9.40 Å². The van der Waals surface area contributed by atoms with Gasteiger partial charge in [0.2, 0.25) is 0 Å².